The van der Waals surface area contributed by atoms with Crippen LogP contribution in [0.25, 0.3) is 6.08 Å². The molecule has 0 amide bonds. The van der Waals surface area contributed by atoms with Crippen LogP contribution in [-0.4, -0.2) is 22.6 Å². The second kappa shape index (κ2) is 7.79. The molecule has 0 aromatic heterocycles. The van der Waals surface area contributed by atoms with Gasteiger partial charge in [-0.2, -0.15) is 5.26 Å². The van der Waals surface area contributed by atoms with Gasteiger partial charge in [0.2, 0.25) is 9.84 Å². The summed E-state index contributed by atoms with van der Waals surface area (Å²) in [6, 6.07) is 10.5. The number of nitriles is 1. The van der Waals surface area contributed by atoms with Gasteiger partial charge in [-0.05, 0) is 42.0 Å². The maximum absolute atomic E-state index is 12.7. The molecule has 0 spiro atoms. The molecule has 2 rings (SSSR count). The highest BCUT2D eigenvalue weighted by Gasteiger charge is 2.24. The standard InChI is InChI=1S/C17H13Cl2NO4S/c1-23-15-6-3-11(8-16(15)24-2)7-13(10-20)25(21,22)17-9-12(18)4-5-14(17)19/h3-9H,1-2H3/b13-7+. The zero-order chi connectivity index (χ0) is 18.6. The average Bonchev–Trinajstić information content (AvgIpc) is 2.61. The number of benzene rings is 2. The molecule has 0 bridgehead atoms. The van der Waals surface area contributed by atoms with E-state index in [9.17, 15) is 13.7 Å². The van der Waals surface area contributed by atoms with Crippen LogP contribution in [0.2, 0.25) is 10.0 Å². The summed E-state index contributed by atoms with van der Waals surface area (Å²) >= 11 is 11.8. The van der Waals surface area contributed by atoms with Gasteiger partial charge in [0, 0.05) is 5.02 Å². The van der Waals surface area contributed by atoms with E-state index >= 15 is 0 Å². The zero-order valence-electron chi connectivity index (χ0n) is 13.3. The van der Waals surface area contributed by atoms with Crippen LogP contribution in [0, 0.1) is 11.3 Å². The number of ether oxygens (including phenoxy) is 2. The predicted molar refractivity (Wildman–Crippen MR) is 96.8 cm³/mol. The molecule has 0 saturated carbocycles. The SMILES string of the molecule is COc1ccc(/C=C(\C#N)S(=O)(=O)c2cc(Cl)ccc2Cl)cc1OC. The van der Waals surface area contributed by atoms with E-state index in [2.05, 4.69) is 0 Å². The minimum atomic E-state index is -4.13. The maximum Gasteiger partial charge on any atom is 0.218 e. The lowest BCUT2D eigenvalue weighted by molar-refractivity contribution is 0.355. The third kappa shape index (κ3) is 4.07. The third-order valence-corrected chi connectivity index (χ3v) is 5.67. The molecule has 0 fully saturated rings. The first-order valence-electron chi connectivity index (χ1n) is 6.87. The number of hydrogen-bond donors (Lipinski definition) is 0. The molecular formula is C17H13Cl2NO4S. The van der Waals surface area contributed by atoms with Gasteiger partial charge in [-0.3, -0.25) is 0 Å². The van der Waals surface area contributed by atoms with Gasteiger partial charge in [-0.15, -0.1) is 0 Å². The van der Waals surface area contributed by atoms with Crippen molar-refractivity contribution >= 4 is 39.1 Å². The number of halogens is 2. The van der Waals surface area contributed by atoms with Gasteiger partial charge in [-0.1, -0.05) is 29.3 Å². The smallest absolute Gasteiger partial charge is 0.218 e. The molecule has 0 heterocycles. The summed E-state index contributed by atoms with van der Waals surface area (Å²) < 4.78 is 35.8. The largest absolute Gasteiger partial charge is 0.493 e. The second-order valence-electron chi connectivity index (χ2n) is 4.81. The monoisotopic (exact) mass is 397 g/mol. The van der Waals surface area contributed by atoms with Crippen LogP contribution in [-0.2, 0) is 9.84 Å². The summed E-state index contributed by atoms with van der Waals surface area (Å²) in [6.45, 7) is 0. The molecular weight excluding hydrogens is 385 g/mol. The van der Waals surface area contributed by atoms with Crippen molar-refractivity contribution in [1.82, 2.24) is 0 Å². The van der Waals surface area contributed by atoms with E-state index in [4.69, 9.17) is 32.7 Å². The molecule has 0 aliphatic carbocycles. The van der Waals surface area contributed by atoms with Crippen molar-refractivity contribution in [2.24, 2.45) is 0 Å². The Labute approximate surface area is 155 Å². The van der Waals surface area contributed by atoms with Crippen LogP contribution in [0.5, 0.6) is 11.5 Å². The van der Waals surface area contributed by atoms with Crippen molar-refractivity contribution in [3.8, 4) is 17.6 Å². The summed E-state index contributed by atoms with van der Waals surface area (Å²) in [5.74, 6) is 0.894. The van der Waals surface area contributed by atoms with Gasteiger partial charge >= 0.3 is 0 Å². The number of methoxy groups -OCH3 is 2. The Kier molecular flexibility index (Phi) is 5.96. The summed E-state index contributed by atoms with van der Waals surface area (Å²) in [5, 5.41) is 9.53. The lowest BCUT2D eigenvalue weighted by Crippen LogP contribution is -2.04. The molecule has 0 aliphatic rings. The summed E-state index contributed by atoms with van der Waals surface area (Å²) in [5.41, 5.74) is 0.455. The highest BCUT2D eigenvalue weighted by atomic mass is 35.5. The number of nitrogens with zero attached hydrogens (tertiary/aromatic N) is 1. The van der Waals surface area contributed by atoms with Crippen molar-refractivity contribution in [2.75, 3.05) is 14.2 Å². The van der Waals surface area contributed by atoms with E-state index in [-0.39, 0.29) is 14.9 Å². The van der Waals surface area contributed by atoms with E-state index < -0.39 is 14.7 Å². The fraction of sp³-hybridized carbons (Fsp3) is 0.118. The van der Waals surface area contributed by atoms with Crippen LogP contribution in [0.3, 0.4) is 0 Å². The van der Waals surface area contributed by atoms with Gasteiger partial charge in [0.05, 0.1) is 24.1 Å². The Morgan fingerprint density at radius 2 is 1.76 bits per heavy atom. The predicted octanol–water partition coefficient (Wildman–Crippen LogP) is 4.35. The van der Waals surface area contributed by atoms with Crippen molar-refractivity contribution < 1.29 is 17.9 Å². The average molecular weight is 398 g/mol. The highest BCUT2D eigenvalue weighted by Crippen LogP contribution is 2.32. The first kappa shape index (κ1) is 19.1. The summed E-state index contributed by atoms with van der Waals surface area (Å²) in [7, 11) is -1.18. The van der Waals surface area contributed by atoms with E-state index in [1.165, 1.54) is 38.5 Å². The van der Waals surface area contributed by atoms with Crippen LogP contribution in [0.1, 0.15) is 5.56 Å². The van der Waals surface area contributed by atoms with Gasteiger partial charge in [0.25, 0.3) is 0 Å². The van der Waals surface area contributed by atoms with Crippen molar-refractivity contribution in [1.29, 1.82) is 5.26 Å². The fourth-order valence-electron chi connectivity index (χ4n) is 2.07. The van der Waals surface area contributed by atoms with Crippen LogP contribution < -0.4 is 9.47 Å². The minimum absolute atomic E-state index is 0.0159. The van der Waals surface area contributed by atoms with Crippen molar-refractivity contribution in [3.05, 3.63) is 56.9 Å². The van der Waals surface area contributed by atoms with E-state index in [1.54, 1.807) is 24.3 Å². The van der Waals surface area contributed by atoms with Gasteiger partial charge in [-0.25, -0.2) is 8.42 Å². The molecule has 2 aromatic carbocycles. The normalized spacial score (nSPS) is 11.7. The number of rotatable bonds is 5. The van der Waals surface area contributed by atoms with Crippen LogP contribution in [0.4, 0.5) is 0 Å². The molecule has 0 N–H and O–H groups in total. The molecule has 25 heavy (non-hydrogen) atoms. The van der Waals surface area contributed by atoms with E-state index in [1.807, 2.05) is 0 Å². The summed E-state index contributed by atoms with van der Waals surface area (Å²) in [4.78, 5) is -0.696. The van der Waals surface area contributed by atoms with Gasteiger partial charge in [0.15, 0.2) is 11.5 Å². The number of allylic oxidation sites excluding steroid dienone is 1. The molecule has 0 aliphatic heterocycles. The quantitative estimate of drug-likeness (QED) is 0.700. The maximum atomic E-state index is 12.7. The molecule has 0 saturated heterocycles. The van der Waals surface area contributed by atoms with Gasteiger partial charge < -0.3 is 9.47 Å². The van der Waals surface area contributed by atoms with Crippen molar-refractivity contribution in [3.63, 3.8) is 0 Å². The number of sulfone groups is 1. The van der Waals surface area contributed by atoms with Crippen LogP contribution in [0.15, 0.2) is 46.2 Å². The van der Waals surface area contributed by atoms with E-state index in [0.717, 1.165) is 0 Å². The molecule has 2 aromatic rings. The molecule has 5 nitrogen and oxygen atoms in total. The minimum Gasteiger partial charge on any atom is -0.493 e. The zero-order valence-corrected chi connectivity index (χ0v) is 15.6. The molecule has 0 unspecified atom stereocenters. The lowest BCUT2D eigenvalue weighted by atomic mass is 10.2. The Morgan fingerprint density at radius 3 is 2.36 bits per heavy atom. The molecule has 130 valence electrons. The molecule has 0 atom stereocenters. The van der Waals surface area contributed by atoms with Crippen LogP contribution >= 0.6 is 23.2 Å². The Balaban J connectivity index is 2.57. The topological polar surface area (TPSA) is 76.4 Å². The Hall–Kier alpha value is -2.20. The summed E-state index contributed by atoms with van der Waals surface area (Å²) in [6.07, 6.45) is 1.23. The Bertz CT molecular complexity index is 979. The lowest BCUT2D eigenvalue weighted by Gasteiger charge is -2.09. The molecule has 0 radical (unpaired) electrons. The third-order valence-electron chi connectivity index (χ3n) is 3.29. The second-order valence-corrected chi connectivity index (χ2v) is 7.54. The molecule has 8 heteroatoms. The first-order chi connectivity index (χ1) is 11.8. The fourth-order valence-corrected chi connectivity index (χ4v) is 3.98. The highest BCUT2D eigenvalue weighted by molar-refractivity contribution is 7.95. The first-order valence-corrected chi connectivity index (χ1v) is 9.11. The van der Waals surface area contributed by atoms with E-state index in [0.29, 0.717) is 17.1 Å². The van der Waals surface area contributed by atoms with Gasteiger partial charge in [0.1, 0.15) is 11.0 Å². The Morgan fingerprint density at radius 1 is 1.08 bits per heavy atom. The van der Waals surface area contributed by atoms with Crippen molar-refractivity contribution in [2.45, 2.75) is 4.90 Å². The number of hydrogen-bond acceptors (Lipinski definition) is 5.